The molecule has 1 N–H and O–H groups in total. The summed E-state index contributed by atoms with van der Waals surface area (Å²) < 4.78 is 0. The zero-order valence-corrected chi connectivity index (χ0v) is 7.87. The molecular weight excluding hydrogens is 184 g/mol. The average Bonchev–Trinajstić information content (AvgIpc) is 2.17. The van der Waals surface area contributed by atoms with E-state index in [1.807, 2.05) is 36.4 Å². The molecule has 0 bridgehead atoms. The molecule has 1 heterocycles. The van der Waals surface area contributed by atoms with Gasteiger partial charge >= 0.3 is 5.30 Å². The summed E-state index contributed by atoms with van der Waals surface area (Å²) in [5, 5.41) is 8.31. The largest absolute Gasteiger partial charge is 0.474 e. The second kappa shape index (κ2) is 3.26. The quantitative estimate of drug-likeness (QED) is 0.623. The first-order valence-electron chi connectivity index (χ1n) is 4.05. The second-order valence-electron chi connectivity index (χ2n) is 2.85. The van der Waals surface area contributed by atoms with Crippen LogP contribution in [0.25, 0.3) is 6.08 Å². The SMILES string of the molecule is O=C(O)[SH]1CC=Cc2ccccc21. The predicted octanol–water partition coefficient (Wildman–Crippen LogP) is 2.75. The molecule has 2 nitrogen and oxygen atoms in total. The van der Waals surface area contributed by atoms with Crippen molar-refractivity contribution in [3.05, 3.63) is 35.9 Å². The van der Waals surface area contributed by atoms with Crippen molar-refractivity contribution < 1.29 is 9.90 Å². The zero-order valence-electron chi connectivity index (χ0n) is 6.97. The van der Waals surface area contributed by atoms with Gasteiger partial charge in [-0.2, -0.15) is 0 Å². The Labute approximate surface area is 79.2 Å². The molecular formula is C10H10O2S. The molecule has 0 saturated carbocycles. The van der Waals surface area contributed by atoms with Crippen molar-refractivity contribution in [2.24, 2.45) is 0 Å². The number of thiol groups is 1. The van der Waals surface area contributed by atoms with Crippen LogP contribution in [0, 0.1) is 0 Å². The van der Waals surface area contributed by atoms with Crippen molar-refractivity contribution in [1.82, 2.24) is 0 Å². The smallest absolute Gasteiger partial charge is 0.348 e. The highest BCUT2D eigenvalue weighted by atomic mass is 32.2. The van der Waals surface area contributed by atoms with Crippen LogP contribution in [0.2, 0.25) is 0 Å². The molecule has 1 atom stereocenters. The van der Waals surface area contributed by atoms with E-state index in [2.05, 4.69) is 0 Å². The van der Waals surface area contributed by atoms with Crippen LogP contribution in [0.5, 0.6) is 0 Å². The normalized spacial score (nSPS) is 22.3. The minimum Gasteiger partial charge on any atom is -0.474 e. The standard InChI is InChI=1S/C10H10O2S/c11-10(12)13-7-3-5-8-4-1-2-6-9(8)13/h1-6,13H,7H2,(H,11,12). The van der Waals surface area contributed by atoms with Crippen molar-refractivity contribution in [1.29, 1.82) is 0 Å². The Morgan fingerprint density at radius 3 is 2.92 bits per heavy atom. The lowest BCUT2D eigenvalue weighted by Gasteiger charge is -2.20. The fourth-order valence-corrected chi connectivity index (χ4v) is 3.04. The summed E-state index contributed by atoms with van der Waals surface area (Å²) in [5.41, 5.74) is 1.06. The molecule has 1 unspecified atom stereocenters. The first kappa shape index (κ1) is 8.38. The molecule has 3 heteroatoms. The Kier molecular flexibility index (Phi) is 2.10. The van der Waals surface area contributed by atoms with Crippen LogP contribution in [0.1, 0.15) is 5.56 Å². The third-order valence-corrected chi connectivity index (χ3v) is 4.07. The van der Waals surface area contributed by atoms with Crippen LogP contribution in [0.4, 0.5) is 4.79 Å². The zero-order chi connectivity index (χ0) is 9.26. The van der Waals surface area contributed by atoms with Gasteiger partial charge in [0.15, 0.2) is 0 Å². The Morgan fingerprint density at radius 1 is 1.38 bits per heavy atom. The number of hydrogen-bond acceptors (Lipinski definition) is 1. The van der Waals surface area contributed by atoms with Crippen LogP contribution >= 0.6 is 10.9 Å². The lowest BCUT2D eigenvalue weighted by Crippen LogP contribution is -2.03. The highest BCUT2D eigenvalue weighted by molar-refractivity contribution is 8.29. The maximum absolute atomic E-state index is 10.9. The molecule has 1 aliphatic heterocycles. The van der Waals surface area contributed by atoms with Crippen LogP contribution < -0.4 is 0 Å². The van der Waals surface area contributed by atoms with Gasteiger partial charge in [-0.25, -0.2) is 4.79 Å². The van der Waals surface area contributed by atoms with E-state index in [1.165, 1.54) is 0 Å². The van der Waals surface area contributed by atoms with Crippen LogP contribution in [-0.4, -0.2) is 16.2 Å². The molecule has 0 spiro atoms. The number of hydrogen-bond donors (Lipinski definition) is 2. The topological polar surface area (TPSA) is 37.3 Å². The lowest BCUT2D eigenvalue weighted by molar-refractivity contribution is 0.221. The molecule has 1 aromatic carbocycles. The Morgan fingerprint density at radius 2 is 2.15 bits per heavy atom. The van der Waals surface area contributed by atoms with E-state index in [4.69, 9.17) is 5.11 Å². The van der Waals surface area contributed by atoms with E-state index in [1.54, 1.807) is 0 Å². The van der Waals surface area contributed by atoms with Crippen LogP contribution in [0.3, 0.4) is 0 Å². The second-order valence-corrected chi connectivity index (χ2v) is 4.94. The maximum Gasteiger partial charge on any atom is 0.348 e. The summed E-state index contributed by atoms with van der Waals surface area (Å²) in [6.45, 7) is 0. The van der Waals surface area contributed by atoms with E-state index in [0.29, 0.717) is 5.75 Å². The van der Waals surface area contributed by atoms with Crippen molar-refractivity contribution in [3.63, 3.8) is 0 Å². The number of carboxylic acid groups (broad SMARTS) is 1. The van der Waals surface area contributed by atoms with E-state index in [0.717, 1.165) is 10.5 Å². The summed E-state index contributed by atoms with van der Waals surface area (Å²) in [6.07, 6.45) is 3.94. The highest BCUT2D eigenvalue weighted by Gasteiger charge is 2.18. The van der Waals surface area contributed by atoms with Gasteiger partial charge < -0.3 is 5.11 Å². The molecule has 1 aliphatic rings. The molecule has 0 aromatic heterocycles. The molecule has 0 radical (unpaired) electrons. The predicted molar refractivity (Wildman–Crippen MR) is 55.6 cm³/mol. The van der Waals surface area contributed by atoms with Gasteiger partial charge in [0.25, 0.3) is 0 Å². The van der Waals surface area contributed by atoms with Gasteiger partial charge in [0.2, 0.25) is 0 Å². The first-order chi connectivity index (χ1) is 6.29. The van der Waals surface area contributed by atoms with E-state index < -0.39 is 16.2 Å². The summed E-state index contributed by atoms with van der Waals surface area (Å²) in [6, 6.07) is 7.71. The van der Waals surface area contributed by atoms with Gasteiger partial charge in [-0.05, 0) is 11.6 Å². The Balaban J connectivity index is 2.49. The number of carbonyl (C=O) groups is 1. The number of benzene rings is 1. The van der Waals surface area contributed by atoms with Gasteiger partial charge in [0.05, 0.1) is 0 Å². The van der Waals surface area contributed by atoms with Crippen molar-refractivity contribution >= 4 is 22.3 Å². The third kappa shape index (κ3) is 1.47. The minimum atomic E-state index is -1.02. The maximum atomic E-state index is 10.9. The van der Waals surface area contributed by atoms with E-state index in [9.17, 15) is 4.79 Å². The fraction of sp³-hybridized carbons (Fsp3) is 0.100. The molecule has 13 heavy (non-hydrogen) atoms. The molecule has 0 amide bonds. The molecule has 0 aliphatic carbocycles. The average molecular weight is 194 g/mol. The van der Waals surface area contributed by atoms with Crippen molar-refractivity contribution in [3.8, 4) is 0 Å². The van der Waals surface area contributed by atoms with Crippen molar-refractivity contribution in [2.45, 2.75) is 4.90 Å². The van der Waals surface area contributed by atoms with Gasteiger partial charge in [0.1, 0.15) is 0 Å². The van der Waals surface area contributed by atoms with Crippen LogP contribution in [-0.2, 0) is 0 Å². The van der Waals surface area contributed by atoms with E-state index >= 15 is 0 Å². The summed E-state index contributed by atoms with van der Waals surface area (Å²) in [7, 11) is -1.02. The molecule has 1 aromatic rings. The minimum absolute atomic E-state index is 0.668. The van der Waals surface area contributed by atoms with Gasteiger partial charge in [-0.3, -0.25) is 0 Å². The third-order valence-electron chi connectivity index (χ3n) is 2.04. The molecule has 0 fully saturated rings. The fourth-order valence-electron chi connectivity index (χ4n) is 1.44. The van der Waals surface area contributed by atoms with Gasteiger partial charge in [0, 0.05) is 10.6 Å². The van der Waals surface area contributed by atoms with Gasteiger partial charge in [-0.15, -0.1) is 10.9 Å². The Hall–Kier alpha value is -1.22. The molecule has 2 rings (SSSR count). The monoisotopic (exact) mass is 194 g/mol. The highest BCUT2D eigenvalue weighted by Crippen LogP contribution is 2.42. The first-order valence-corrected chi connectivity index (χ1v) is 5.58. The van der Waals surface area contributed by atoms with E-state index in [-0.39, 0.29) is 0 Å². The molecule has 0 saturated heterocycles. The van der Waals surface area contributed by atoms with Gasteiger partial charge in [-0.1, -0.05) is 30.4 Å². The van der Waals surface area contributed by atoms with Crippen LogP contribution in [0.15, 0.2) is 35.2 Å². The molecule has 68 valence electrons. The Bertz CT molecular complexity index is 371. The van der Waals surface area contributed by atoms with Crippen molar-refractivity contribution in [2.75, 3.05) is 5.75 Å². The number of rotatable bonds is 0. The summed E-state index contributed by atoms with van der Waals surface area (Å²) >= 11 is 0. The number of fused-ring (bicyclic) bond motifs is 1. The summed E-state index contributed by atoms with van der Waals surface area (Å²) in [5.74, 6) is 0.668. The lowest BCUT2D eigenvalue weighted by atomic mass is 10.2. The summed E-state index contributed by atoms with van der Waals surface area (Å²) in [4.78, 5) is 11.9.